The first kappa shape index (κ1) is 18.8. The Morgan fingerprint density at radius 1 is 1.39 bits per heavy atom. The van der Waals surface area contributed by atoms with Gasteiger partial charge in [0, 0.05) is 17.7 Å². The van der Waals surface area contributed by atoms with Crippen LogP contribution in [0.15, 0.2) is 18.2 Å². The molecule has 1 aromatic carbocycles. The standard InChI is InChI=1S/C13H14F3NO6/c1-2-23-11(19)6-10(18)12(20)8-5-7(17(21)22)3-4-9(8)13(14,15)16/h3-5,10,12,18,20H,2,6H2,1H3. The minimum absolute atomic E-state index is 0.00768. The SMILES string of the molecule is CCOC(=O)CC(O)C(O)c1cc([N+](=O)[O-])ccc1C(F)(F)F. The van der Waals surface area contributed by atoms with Gasteiger partial charge in [0.15, 0.2) is 0 Å². The Morgan fingerprint density at radius 2 is 2.00 bits per heavy atom. The molecule has 0 aliphatic heterocycles. The number of nitrogens with zero attached hydrogens (tertiary/aromatic N) is 1. The number of aliphatic hydroxyl groups excluding tert-OH is 2. The maximum absolute atomic E-state index is 12.9. The molecule has 0 aliphatic rings. The predicted octanol–water partition coefficient (Wildman–Crippen LogP) is 1.96. The molecule has 128 valence electrons. The van der Waals surface area contributed by atoms with E-state index in [4.69, 9.17) is 0 Å². The van der Waals surface area contributed by atoms with Crippen molar-refractivity contribution in [1.29, 1.82) is 0 Å². The smallest absolute Gasteiger partial charge is 0.416 e. The number of esters is 1. The van der Waals surface area contributed by atoms with Gasteiger partial charge in [-0.15, -0.1) is 0 Å². The number of non-ortho nitro benzene ring substituents is 1. The van der Waals surface area contributed by atoms with Crippen molar-refractivity contribution in [3.63, 3.8) is 0 Å². The molecule has 0 fully saturated rings. The van der Waals surface area contributed by atoms with Crippen LogP contribution in [0.25, 0.3) is 0 Å². The van der Waals surface area contributed by atoms with Gasteiger partial charge in [-0.2, -0.15) is 13.2 Å². The van der Waals surface area contributed by atoms with E-state index in [9.17, 15) is 38.3 Å². The topological polar surface area (TPSA) is 110 Å². The van der Waals surface area contributed by atoms with Crippen molar-refractivity contribution in [2.24, 2.45) is 0 Å². The maximum Gasteiger partial charge on any atom is 0.416 e. The second-order valence-electron chi connectivity index (χ2n) is 4.55. The van der Waals surface area contributed by atoms with Crippen molar-refractivity contribution in [2.45, 2.75) is 31.7 Å². The summed E-state index contributed by atoms with van der Waals surface area (Å²) < 4.78 is 43.3. The zero-order valence-corrected chi connectivity index (χ0v) is 11.9. The third-order valence-electron chi connectivity index (χ3n) is 2.92. The number of rotatable bonds is 6. The molecule has 0 bridgehead atoms. The summed E-state index contributed by atoms with van der Waals surface area (Å²) in [6, 6.07) is 1.59. The summed E-state index contributed by atoms with van der Waals surface area (Å²) in [6.45, 7) is 1.48. The number of alkyl halides is 3. The van der Waals surface area contributed by atoms with Gasteiger partial charge in [-0.3, -0.25) is 14.9 Å². The quantitative estimate of drug-likeness (QED) is 0.466. The van der Waals surface area contributed by atoms with Crippen LogP contribution in [-0.2, 0) is 15.7 Å². The van der Waals surface area contributed by atoms with Crippen LogP contribution in [0.3, 0.4) is 0 Å². The molecule has 2 unspecified atom stereocenters. The average molecular weight is 337 g/mol. The summed E-state index contributed by atoms with van der Waals surface area (Å²) in [5, 5.41) is 30.3. The second-order valence-corrected chi connectivity index (χ2v) is 4.55. The van der Waals surface area contributed by atoms with Crippen molar-refractivity contribution in [3.8, 4) is 0 Å². The van der Waals surface area contributed by atoms with Crippen LogP contribution >= 0.6 is 0 Å². The number of hydrogen-bond acceptors (Lipinski definition) is 6. The Kier molecular flexibility index (Phi) is 6.05. The molecule has 0 saturated heterocycles. The summed E-state index contributed by atoms with van der Waals surface area (Å²) in [4.78, 5) is 21.0. The van der Waals surface area contributed by atoms with E-state index in [1.807, 2.05) is 0 Å². The Balaban J connectivity index is 3.18. The lowest BCUT2D eigenvalue weighted by atomic mass is 9.96. The molecule has 0 saturated carbocycles. The molecule has 1 aromatic rings. The van der Waals surface area contributed by atoms with E-state index < -0.39 is 52.5 Å². The minimum Gasteiger partial charge on any atom is -0.466 e. The van der Waals surface area contributed by atoms with E-state index >= 15 is 0 Å². The lowest BCUT2D eigenvalue weighted by Gasteiger charge is -2.21. The van der Waals surface area contributed by atoms with Crippen LogP contribution in [0.2, 0.25) is 0 Å². The largest absolute Gasteiger partial charge is 0.466 e. The molecule has 0 heterocycles. The number of nitro benzene ring substituents is 1. The van der Waals surface area contributed by atoms with Gasteiger partial charge < -0.3 is 14.9 Å². The minimum atomic E-state index is -4.89. The van der Waals surface area contributed by atoms with Gasteiger partial charge in [0.1, 0.15) is 6.10 Å². The van der Waals surface area contributed by atoms with E-state index in [0.717, 1.165) is 0 Å². The molecular formula is C13H14F3NO6. The summed E-state index contributed by atoms with van der Waals surface area (Å²) in [7, 11) is 0. The van der Waals surface area contributed by atoms with Crippen LogP contribution in [-0.4, -0.2) is 33.8 Å². The number of halogens is 3. The summed E-state index contributed by atoms with van der Waals surface area (Å²) in [6.07, 6.45) is -9.70. The molecule has 2 N–H and O–H groups in total. The highest BCUT2D eigenvalue weighted by Gasteiger charge is 2.38. The molecule has 0 radical (unpaired) electrons. The third-order valence-corrected chi connectivity index (χ3v) is 2.92. The Hall–Kier alpha value is -2.20. The van der Waals surface area contributed by atoms with E-state index in [1.54, 1.807) is 0 Å². The first-order valence-electron chi connectivity index (χ1n) is 6.45. The highest BCUT2D eigenvalue weighted by atomic mass is 19.4. The Morgan fingerprint density at radius 3 is 2.48 bits per heavy atom. The molecule has 0 amide bonds. The number of carbonyl (C=O) groups is 1. The van der Waals surface area contributed by atoms with Crippen LogP contribution in [0.5, 0.6) is 0 Å². The first-order chi connectivity index (χ1) is 10.6. The van der Waals surface area contributed by atoms with Gasteiger partial charge in [-0.05, 0) is 13.0 Å². The van der Waals surface area contributed by atoms with Crippen LogP contribution in [0.1, 0.15) is 30.6 Å². The molecule has 23 heavy (non-hydrogen) atoms. The van der Waals surface area contributed by atoms with Gasteiger partial charge in [0.2, 0.25) is 0 Å². The zero-order valence-electron chi connectivity index (χ0n) is 11.9. The maximum atomic E-state index is 12.9. The van der Waals surface area contributed by atoms with Crippen molar-refractivity contribution in [3.05, 3.63) is 39.4 Å². The fourth-order valence-electron chi connectivity index (χ4n) is 1.88. The average Bonchev–Trinajstić information content (AvgIpc) is 2.44. The lowest BCUT2D eigenvalue weighted by Crippen LogP contribution is -2.25. The first-order valence-corrected chi connectivity index (χ1v) is 6.45. The van der Waals surface area contributed by atoms with E-state index in [1.165, 1.54) is 6.92 Å². The summed E-state index contributed by atoms with van der Waals surface area (Å²) in [5.41, 5.74) is -2.91. The molecule has 7 nitrogen and oxygen atoms in total. The third kappa shape index (κ3) is 4.89. The van der Waals surface area contributed by atoms with Crippen molar-refractivity contribution < 1.29 is 37.8 Å². The molecule has 0 aliphatic carbocycles. The fraction of sp³-hybridized carbons (Fsp3) is 0.462. The molecule has 0 aromatic heterocycles. The van der Waals surface area contributed by atoms with Crippen molar-refractivity contribution in [2.75, 3.05) is 6.61 Å². The van der Waals surface area contributed by atoms with Crippen LogP contribution < -0.4 is 0 Å². The van der Waals surface area contributed by atoms with Crippen molar-refractivity contribution in [1.82, 2.24) is 0 Å². The fourth-order valence-corrected chi connectivity index (χ4v) is 1.88. The number of aliphatic hydroxyl groups is 2. The molecule has 2 atom stereocenters. The Labute approximate surface area is 128 Å². The summed E-state index contributed by atoms with van der Waals surface area (Å²) in [5.74, 6) is -0.918. The zero-order chi connectivity index (χ0) is 17.8. The molecule has 0 spiro atoms. The molecular weight excluding hydrogens is 323 g/mol. The van der Waals surface area contributed by atoms with Gasteiger partial charge >= 0.3 is 12.1 Å². The Bertz CT molecular complexity index is 590. The molecule has 10 heteroatoms. The van der Waals surface area contributed by atoms with Crippen molar-refractivity contribution >= 4 is 11.7 Å². The number of hydrogen-bond donors (Lipinski definition) is 2. The number of ether oxygens (including phenoxy) is 1. The number of nitro groups is 1. The van der Waals surface area contributed by atoms with Gasteiger partial charge in [0.25, 0.3) is 5.69 Å². The van der Waals surface area contributed by atoms with Crippen LogP contribution in [0.4, 0.5) is 18.9 Å². The van der Waals surface area contributed by atoms with Gasteiger partial charge in [-0.1, -0.05) is 0 Å². The monoisotopic (exact) mass is 337 g/mol. The van der Waals surface area contributed by atoms with Gasteiger partial charge in [-0.25, -0.2) is 0 Å². The number of benzene rings is 1. The van der Waals surface area contributed by atoms with E-state index in [-0.39, 0.29) is 6.61 Å². The van der Waals surface area contributed by atoms with Crippen LogP contribution in [0, 0.1) is 10.1 Å². The van der Waals surface area contributed by atoms with E-state index in [2.05, 4.69) is 4.74 Å². The molecule has 1 rings (SSSR count). The normalized spacial score (nSPS) is 14.2. The highest BCUT2D eigenvalue weighted by Crippen LogP contribution is 2.37. The predicted molar refractivity (Wildman–Crippen MR) is 70.3 cm³/mol. The van der Waals surface area contributed by atoms with E-state index in [0.29, 0.717) is 18.2 Å². The second kappa shape index (κ2) is 7.38. The van der Waals surface area contributed by atoms with Gasteiger partial charge in [0.05, 0.1) is 29.6 Å². The number of carbonyl (C=O) groups excluding carboxylic acids is 1. The highest BCUT2D eigenvalue weighted by molar-refractivity contribution is 5.70. The summed E-state index contributed by atoms with van der Waals surface area (Å²) >= 11 is 0. The lowest BCUT2D eigenvalue weighted by molar-refractivity contribution is -0.385.